The van der Waals surface area contributed by atoms with Gasteiger partial charge in [-0.05, 0) is 38.1 Å². The highest BCUT2D eigenvalue weighted by Crippen LogP contribution is 2.31. The number of benzene rings is 1. The molecule has 3 rings (SSSR count). The second kappa shape index (κ2) is 7.11. The lowest BCUT2D eigenvalue weighted by atomic mass is 10.1. The van der Waals surface area contributed by atoms with E-state index in [0.717, 1.165) is 32.6 Å². The largest absolute Gasteiger partial charge is 0.497 e. The van der Waals surface area contributed by atoms with Gasteiger partial charge in [0.25, 0.3) is 0 Å². The molecule has 0 radical (unpaired) electrons. The van der Waals surface area contributed by atoms with Crippen molar-refractivity contribution in [2.24, 2.45) is 0 Å². The van der Waals surface area contributed by atoms with Crippen molar-refractivity contribution in [3.05, 3.63) is 45.2 Å². The number of hydrogen-bond donors (Lipinski definition) is 1. The summed E-state index contributed by atoms with van der Waals surface area (Å²) in [4.78, 5) is 22.0. The molecule has 0 aliphatic rings. The van der Waals surface area contributed by atoms with E-state index in [-0.39, 0.29) is 12.3 Å². The zero-order valence-electron chi connectivity index (χ0n) is 13.6. The van der Waals surface area contributed by atoms with Gasteiger partial charge in [-0.25, -0.2) is 9.97 Å². The van der Waals surface area contributed by atoms with Crippen LogP contribution in [0.4, 0.5) is 5.13 Å². The van der Waals surface area contributed by atoms with Crippen LogP contribution in [-0.2, 0) is 11.2 Å². The lowest BCUT2D eigenvalue weighted by molar-refractivity contribution is -0.115. The van der Waals surface area contributed by atoms with E-state index < -0.39 is 0 Å². The fourth-order valence-corrected chi connectivity index (χ4v) is 3.75. The molecule has 0 aliphatic carbocycles. The number of methoxy groups -OCH3 is 1. The second-order valence-electron chi connectivity index (χ2n) is 5.24. The van der Waals surface area contributed by atoms with E-state index in [1.165, 1.54) is 11.3 Å². The maximum Gasteiger partial charge on any atom is 0.232 e. The number of carbonyl (C=O) groups is 1. The lowest BCUT2D eigenvalue weighted by Crippen LogP contribution is -2.14. The molecule has 3 aromatic rings. The van der Waals surface area contributed by atoms with Gasteiger partial charge < -0.3 is 10.1 Å². The zero-order chi connectivity index (χ0) is 17.1. The maximum atomic E-state index is 12.1. The highest BCUT2D eigenvalue weighted by atomic mass is 32.1. The van der Waals surface area contributed by atoms with Gasteiger partial charge in [0.15, 0.2) is 5.13 Å². The van der Waals surface area contributed by atoms with Crippen LogP contribution < -0.4 is 10.1 Å². The molecule has 0 atom stereocenters. The van der Waals surface area contributed by atoms with Crippen molar-refractivity contribution in [3.63, 3.8) is 0 Å². The average Bonchev–Trinajstić information content (AvgIpc) is 3.13. The fourth-order valence-electron chi connectivity index (χ4n) is 2.28. The molecule has 0 spiro atoms. The van der Waals surface area contributed by atoms with Gasteiger partial charge in [0.2, 0.25) is 5.91 Å². The molecule has 0 saturated heterocycles. The third-order valence-electron chi connectivity index (χ3n) is 3.41. The topological polar surface area (TPSA) is 64.1 Å². The first-order valence-electron chi connectivity index (χ1n) is 7.38. The highest BCUT2D eigenvalue weighted by molar-refractivity contribution is 7.16. The van der Waals surface area contributed by atoms with E-state index in [1.807, 2.05) is 43.5 Å². The first-order chi connectivity index (χ1) is 11.5. The third-order valence-corrected chi connectivity index (χ3v) is 5.12. The number of nitrogens with one attached hydrogen (secondary N) is 1. The molecule has 0 saturated carbocycles. The van der Waals surface area contributed by atoms with Crippen LogP contribution in [0.3, 0.4) is 0 Å². The van der Waals surface area contributed by atoms with E-state index in [0.29, 0.717) is 5.13 Å². The van der Waals surface area contributed by atoms with Crippen LogP contribution in [-0.4, -0.2) is 23.0 Å². The molecule has 1 aromatic carbocycles. The van der Waals surface area contributed by atoms with Crippen LogP contribution >= 0.6 is 22.7 Å². The number of nitrogens with zero attached hydrogens (tertiary/aromatic N) is 2. The van der Waals surface area contributed by atoms with Crippen LogP contribution in [0.25, 0.3) is 11.3 Å². The van der Waals surface area contributed by atoms with Crippen molar-refractivity contribution in [2.45, 2.75) is 20.3 Å². The summed E-state index contributed by atoms with van der Waals surface area (Å²) in [6, 6.07) is 7.73. The van der Waals surface area contributed by atoms with Crippen molar-refractivity contribution in [1.29, 1.82) is 0 Å². The summed E-state index contributed by atoms with van der Waals surface area (Å²) in [7, 11) is 1.64. The van der Waals surface area contributed by atoms with E-state index in [4.69, 9.17) is 4.74 Å². The SMILES string of the molecule is COc1ccc(-c2nc(NC(=O)Cc3csc(C)n3)sc2C)cc1. The Hall–Kier alpha value is -2.25. The molecule has 1 amide bonds. The molecule has 2 heterocycles. The first kappa shape index (κ1) is 16.6. The van der Waals surface area contributed by atoms with Crippen molar-refractivity contribution in [3.8, 4) is 17.0 Å². The van der Waals surface area contributed by atoms with Crippen LogP contribution in [0.15, 0.2) is 29.6 Å². The highest BCUT2D eigenvalue weighted by Gasteiger charge is 2.13. The zero-order valence-corrected chi connectivity index (χ0v) is 15.3. The van der Waals surface area contributed by atoms with Crippen molar-refractivity contribution in [2.75, 3.05) is 12.4 Å². The van der Waals surface area contributed by atoms with Gasteiger partial charge in [-0.15, -0.1) is 22.7 Å². The molecule has 0 aliphatic heterocycles. The lowest BCUT2D eigenvalue weighted by Gasteiger charge is -2.02. The Morgan fingerprint density at radius 1 is 1.21 bits per heavy atom. The smallest absolute Gasteiger partial charge is 0.232 e. The Bertz CT molecular complexity index is 853. The molecule has 5 nitrogen and oxygen atoms in total. The van der Waals surface area contributed by atoms with Gasteiger partial charge in [-0.2, -0.15) is 0 Å². The summed E-state index contributed by atoms with van der Waals surface area (Å²) >= 11 is 3.02. The standard InChI is InChI=1S/C17H17N3O2S2/c1-10-16(12-4-6-14(22-3)7-5-12)20-17(24-10)19-15(21)8-13-9-23-11(2)18-13/h4-7,9H,8H2,1-3H3,(H,19,20,21). The number of thiazole rings is 2. The molecule has 24 heavy (non-hydrogen) atoms. The Morgan fingerprint density at radius 3 is 2.58 bits per heavy atom. The number of ether oxygens (including phenoxy) is 1. The fraction of sp³-hybridized carbons (Fsp3) is 0.235. The molecule has 0 bridgehead atoms. The summed E-state index contributed by atoms with van der Waals surface area (Å²) in [5.74, 6) is 0.703. The van der Waals surface area contributed by atoms with Gasteiger partial charge in [-0.1, -0.05) is 0 Å². The summed E-state index contributed by atoms with van der Waals surface area (Å²) in [6.07, 6.45) is 0.265. The Morgan fingerprint density at radius 2 is 1.96 bits per heavy atom. The number of carbonyl (C=O) groups excluding carboxylic acids is 1. The van der Waals surface area contributed by atoms with Crippen LogP contribution in [0.1, 0.15) is 15.6 Å². The molecular formula is C17H17N3O2S2. The van der Waals surface area contributed by atoms with E-state index >= 15 is 0 Å². The number of amides is 1. The molecule has 7 heteroatoms. The van der Waals surface area contributed by atoms with E-state index in [2.05, 4.69) is 15.3 Å². The molecule has 2 aromatic heterocycles. The summed E-state index contributed by atoms with van der Waals surface area (Å²) in [5, 5.41) is 6.34. The second-order valence-corrected chi connectivity index (χ2v) is 7.50. The monoisotopic (exact) mass is 359 g/mol. The van der Waals surface area contributed by atoms with Crippen molar-refractivity contribution in [1.82, 2.24) is 9.97 Å². The van der Waals surface area contributed by atoms with Gasteiger partial charge in [0.1, 0.15) is 5.75 Å². The minimum absolute atomic E-state index is 0.102. The first-order valence-corrected chi connectivity index (χ1v) is 9.07. The van der Waals surface area contributed by atoms with Gasteiger partial charge in [0.05, 0.1) is 29.9 Å². The molecule has 1 N–H and O–H groups in total. The number of rotatable bonds is 5. The summed E-state index contributed by atoms with van der Waals surface area (Å²) in [6.45, 7) is 3.92. The number of hydrogen-bond acceptors (Lipinski definition) is 6. The predicted octanol–water partition coefficient (Wildman–Crippen LogP) is 4.07. The molecule has 0 unspecified atom stereocenters. The predicted molar refractivity (Wildman–Crippen MR) is 98.0 cm³/mol. The number of aromatic nitrogens is 2. The van der Waals surface area contributed by atoms with Crippen molar-refractivity contribution >= 4 is 33.7 Å². The normalized spacial score (nSPS) is 10.6. The van der Waals surface area contributed by atoms with Crippen LogP contribution in [0.2, 0.25) is 0 Å². The van der Waals surface area contributed by atoms with Crippen LogP contribution in [0.5, 0.6) is 5.75 Å². The third kappa shape index (κ3) is 3.80. The maximum absolute atomic E-state index is 12.1. The minimum atomic E-state index is -0.102. The van der Waals surface area contributed by atoms with E-state index in [1.54, 1.807) is 18.4 Å². The Labute approximate surface area is 148 Å². The van der Waals surface area contributed by atoms with Gasteiger partial charge >= 0.3 is 0 Å². The minimum Gasteiger partial charge on any atom is -0.497 e. The molecular weight excluding hydrogens is 342 g/mol. The Kier molecular flexibility index (Phi) is 4.92. The van der Waals surface area contributed by atoms with Crippen LogP contribution in [0, 0.1) is 13.8 Å². The summed E-state index contributed by atoms with van der Waals surface area (Å²) in [5.41, 5.74) is 2.67. The molecule has 0 fully saturated rings. The molecule has 124 valence electrons. The van der Waals surface area contributed by atoms with Gasteiger partial charge in [-0.3, -0.25) is 4.79 Å². The van der Waals surface area contributed by atoms with Gasteiger partial charge in [0, 0.05) is 15.8 Å². The Balaban J connectivity index is 1.72. The van der Waals surface area contributed by atoms with E-state index in [9.17, 15) is 4.79 Å². The number of aryl methyl sites for hydroxylation is 2. The summed E-state index contributed by atoms with van der Waals surface area (Å²) < 4.78 is 5.17. The quantitative estimate of drug-likeness (QED) is 0.746. The average molecular weight is 359 g/mol. The van der Waals surface area contributed by atoms with Crippen molar-refractivity contribution < 1.29 is 9.53 Å². The number of anilines is 1.